The first-order valence-corrected chi connectivity index (χ1v) is 8.58. The maximum atomic E-state index is 4.76. The first kappa shape index (κ1) is 14.4. The Morgan fingerprint density at radius 3 is 2.62 bits per heavy atom. The lowest BCUT2D eigenvalue weighted by Crippen LogP contribution is -2.03. The summed E-state index contributed by atoms with van der Waals surface area (Å²) in [5, 5.41) is 5.13. The highest BCUT2D eigenvalue weighted by molar-refractivity contribution is 7.99. The van der Waals surface area contributed by atoms with Crippen molar-refractivity contribution in [3.63, 3.8) is 0 Å². The van der Waals surface area contributed by atoms with Crippen LogP contribution in [0.4, 0.5) is 5.82 Å². The second-order valence-corrected chi connectivity index (χ2v) is 6.66. The third-order valence-electron chi connectivity index (χ3n) is 3.68. The van der Waals surface area contributed by atoms with E-state index in [2.05, 4.69) is 35.4 Å². The van der Waals surface area contributed by atoms with Crippen LogP contribution in [0.3, 0.4) is 0 Å². The standard InChI is InChI=1S/C17H21N3S/c1-2-18-15-12-16(21-14-10-6-7-11-14)20-17(19-15)13-8-4-3-5-9-13/h3-5,8-9,12,14H,2,6-7,10-11H2,1H3,(H,18,19,20). The van der Waals surface area contributed by atoms with Crippen LogP contribution in [-0.2, 0) is 0 Å². The Morgan fingerprint density at radius 2 is 1.90 bits per heavy atom. The van der Waals surface area contributed by atoms with Gasteiger partial charge < -0.3 is 5.32 Å². The SMILES string of the molecule is CCNc1cc(SC2CCCC2)nc(-c2ccccc2)n1. The van der Waals surface area contributed by atoms with Crippen molar-refractivity contribution >= 4 is 17.6 Å². The fourth-order valence-corrected chi connectivity index (χ4v) is 3.88. The molecular formula is C17H21N3S. The minimum Gasteiger partial charge on any atom is -0.370 e. The minimum absolute atomic E-state index is 0.720. The number of rotatable bonds is 5. The van der Waals surface area contributed by atoms with E-state index in [0.717, 1.165) is 34.0 Å². The van der Waals surface area contributed by atoms with Crippen LogP contribution in [0.1, 0.15) is 32.6 Å². The number of hydrogen-bond donors (Lipinski definition) is 1. The molecule has 3 nitrogen and oxygen atoms in total. The van der Waals surface area contributed by atoms with Gasteiger partial charge in [-0.15, -0.1) is 11.8 Å². The van der Waals surface area contributed by atoms with E-state index in [0.29, 0.717) is 0 Å². The van der Waals surface area contributed by atoms with Crippen molar-refractivity contribution in [2.45, 2.75) is 42.9 Å². The average Bonchev–Trinajstić information content (AvgIpc) is 3.01. The molecule has 0 spiro atoms. The number of benzene rings is 1. The third-order valence-corrected chi connectivity index (χ3v) is 4.94. The molecule has 1 heterocycles. The lowest BCUT2D eigenvalue weighted by Gasteiger charge is -2.11. The lowest BCUT2D eigenvalue weighted by molar-refractivity contribution is 0.886. The number of anilines is 1. The van der Waals surface area contributed by atoms with Gasteiger partial charge in [0.15, 0.2) is 5.82 Å². The van der Waals surface area contributed by atoms with E-state index in [4.69, 9.17) is 4.98 Å². The molecule has 0 amide bonds. The molecule has 2 aromatic rings. The number of thioether (sulfide) groups is 1. The number of nitrogens with one attached hydrogen (secondary N) is 1. The largest absolute Gasteiger partial charge is 0.370 e. The summed E-state index contributed by atoms with van der Waals surface area (Å²) in [6.07, 6.45) is 5.33. The van der Waals surface area contributed by atoms with E-state index in [1.807, 2.05) is 30.0 Å². The van der Waals surface area contributed by atoms with Crippen molar-refractivity contribution in [1.29, 1.82) is 0 Å². The van der Waals surface area contributed by atoms with E-state index in [1.165, 1.54) is 25.7 Å². The molecule has 0 bridgehead atoms. The lowest BCUT2D eigenvalue weighted by atomic mass is 10.2. The summed E-state index contributed by atoms with van der Waals surface area (Å²) < 4.78 is 0. The highest BCUT2D eigenvalue weighted by Gasteiger charge is 2.18. The average molecular weight is 299 g/mol. The summed E-state index contributed by atoms with van der Waals surface area (Å²) in [6.45, 7) is 2.97. The van der Waals surface area contributed by atoms with Crippen molar-refractivity contribution in [3.05, 3.63) is 36.4 Å². The first-order chi connectivity index (χ1) is 10.3. The van der Waals surface area contributed by atoms with E-state index in [9.17, 15) is 0 Å². The van der Waals surface area contributed by atoms with E-state index < -0.39 is 0 Å². The number of nitrogens with zero attached hydrogens (tertiary/aromatic N) is 2. The van der Waals surface area contributed by atoms with Gasteiger partial charge in [0.05, 0.1) is 0 Å². The van der Waals surface area contributed by atoms with Crippen LogP contribution in [-0.4, -0.2) is 21.8 Å². The predicted molar refractivity (Wildman–Crippen MR) is 89.7 cm³/mol. The highest BCUT2D eigenvalue weighted by Crippen LogP contribution is 2.35. The molecule has 21 heavy (non-hydrogen) atoms. The summed E-state index contributed by atoms with van der Waals surface area (Å²) in [5.74, 6) is 1.74. The van der Waals surface area contributed by atoms with E-state index in [1.54, 1.807) is 0 Å². The van der Waals surface area contributed by atoms with Crippen LogP contribution < -0.4 is 5.32 Å². The molecule has 0 radical (unpaired) electrons. The van der Waals surface area contributed by atoms with Gasteiger partial charge in [-0.25, -0.2) is 9.97 Å². The van der Waals surface area contributed by atoms with Crippen molar-refractivity contribution in [2.75, 3.05) is 11.9 Å². The summed E-state index contributed by atoms with van der Waals surface area (Å²) in [5.41, 5.74) is 1.07. The second-order valence-electron chi connectivity index (χ2n) is 5.34. The fraction of sp³-hybridized carbons (Fsp3) is 0.412. The van der Waals surface area contributed by atoms with Crippen molar-refractivity contribution in [1.82, 2.24) is 9.97 Å². The van der Waals surface area contributed by atoms with Crippen molar-refractivity contribution in [2.24, 2.45) is 0 Å². The molecule has 1 aliphatic rings. The monoisotopic (exact) mass is 299 g/mol. The van der Waals surface area contributed by atoms with Gasteiger partial charge in [-0.05, 0) is 19.8 Å². The van der Waals surface area contributed by atoms with E-state index >= 15 is 0 Å². The maximum Gasteiger partial charge on any atom is 0.162 e. The van der Waals surface area contributed by atoms with Gasteiger partial charge in [0.1, 0.15) is 10.8 Å². The van der Waals surface area contributed by atoms with Gasteiger partial charge in [-0.2, -0.15) is 0 Å². The maximum absolute atomic E-state index is 4.76. The van der Waals surface area contributed by atoms with Gasteiger partial charge >= 0.3 is 0 Å². The quantitative estimate of drug-likeness (QED) is 0.818. The topological polar surface area (TPSA) is 37.8 Å². The molecule has 4 heteroatoms. The predicted octanol–water partition coefficient (Wildman–Crippen LogP) is 4.61. The third kappa shape index (κ3) is 3.76. The molecule has 0 atom stereocenters. The zero-order valence-corrected chi connectivity index (χ0v) is 13.2. The molecule has 3 rings (SSSR count). The smallest absolute Gasteiger partial charge is 0.162 e. The Balaban J connectivity index is 1.89. The molecule has 0 saturated heterocycles. The number of hydrogen-bond acceptors (Lipinski definition) is 4. The Morgan fingerprint density at radius 1 is 1.14 bits per heavy atom. The van der Waals surface area contributed by atoms with Gasteiger partial charge in [-0.3, -0.25) is 0 Å². The Kier molecular flexibility index (Phi) is 4.76. The molecular weight excluding hydrogens is 278 g/mol. The first-order valence-electron chi connectivity index (χ1n) is 7.70. The second kappa shape index (κ2) is 6.94. The van der Waals surface area contributed by atoms with Crippen LogP contribution in [0, 0.1) is 0 Å². The van der Waals surface area contributed by atoms with Crippen LogP contribution in [0.2, 0.25) is 0 Å². The van der Waals surface area contributed by atoms with Crippen LogP contribution in [0.25, 0.3) is 11.4 Å². The molecule has 1 aromatic heterocycles. The Bertz CT molecular complexity index is 580. The van der Waals surface area contributed by atoms with Crippen LogP contribution >= 0.6 is 11.8 Å². The van der Waals surface area contributed by atoms with E-state index in [-0.39, 0.29) is 0 Å². The summed E-state index contributed by atoms with van der Waals surface area (Å²) in [4.78, 5) is 9.39. The van der Waals surface area contributed by atoms with Gasteiger partial charge in [0, 0.05) is 23.4 Å². The van der Waals surface area contributed by atoms with Crippen molar-refractivity contribution < 1.29 is 0 Å². The molecule has 1 saturated carbocycles. The van der Waals surface area contributed by atoms with Crippen LogP contribution in [0.5, 0.6) is 0 Å². The zero-order chi connectivity index (χ0) is 14.5. The van der Waals surface area contributed by atoms with Crippen LogP contribution in [0.15, 0.2) is 41.4 Å². The molecule has 110 valence electrons. The summed E-state index contributed by atoms with van der Waals surface area (Å²) in [6, 6.07) is 12.3. The van der Waals surface area contributed by atoms with Gasteiger partial charge in [0.2, 0.25) is 0 Å². The van der Waals surface area contributed by atoms with Gasteiger partial charge in [-0.1, -0.05) is 43.2 Å². The summed E-state index contributed by atoms with van der Waals surface area (Å²) >= 11 is 1.91. The normalized spacial score (nSPS) is 15.3. The molecule has 0 unspecified atom stereocenters. The highest BCUT2D eigenvalue weighted by atomic mass is 32.2. The molecule has 0 aliphatic heterocycles. The number of aromatic nitrogens is 2. The van der Waals surface area contributed by atoms with Gasteiger partial charge in [0.25, 0.3) is 0 Å². The Hall–Kier alpha value is -1.55. The minimum atomic E-state index is 0.720. The Labute approximate surface area is 130 Å². The molecule has 1 aromatic carbocycles. The van der Waals surface area contributed by atoms with Crippen molar-refractivity contribution in [3.8, 4) is 11.4 Å². The fourth-order valence-electron chi connectivity index (χ4n) is 2.65. The summed E-state index contributed by atoms with van der Waals surface area (Å²) in [7, 11) is 0. The molecule has 1 aliphatic carbocycles. The molecule has 1 fully saturated rings. The molecule has 1 N–H and O–H groups in total. The zero-order valence-electron chi connectivity index (χ0n) is 12.4.